The van der Waals surface area contributed by atoms with Crippen LogP contribution in [0.15, 0.2) is 42.6 Å². The molecule has 0 unspecified atom stereocenters. The summed E-state index contributed by atoms with van der Waals surface area (Å²) in [6.45, 7) is 3.45. The van der Waals surface area contributed by atoms with Crippen molar-refractivity contribution in [2.24, 2.45) is 5.92 Å². The highest BCUT2D eigenvalue weighted by atomic mass is 16.5. The lowest BCUT2D eigenvalue weighted by Crippen LogP contribution is -2.37. The van der Waals surface area contributed by atoms with Gasteiger partial charge in [-0.25, -0.2) is 4.98 Å². The van der Waals surface area contributed by atoms with Gasteiger partial charge < -0.3 is 15.4 Å². The second-order valence-corrected chi connectivity index (χ2v) is 5.73. The Balaban J connectivity index is 1.50. The predicted octanol–water partition coefficient (Wildman–Crippen LogP) is 2.49. The maximum atomic E-state index is 5.88. The fourth-order valence-corrected chi connectivity index (χ4v) is 2.87. The molecule has 5 heteroatoms. The van der Waals surface area contributed by atoms with Crippen LogP contribution in [0.3, 0.4) is 0 Å². The molecule has 2 heterocycles. The van der Waals surface area contributed by atoms with Crippen LogP contribution in [0.5, 0.6) is 0 Å². The van der Waals surface area contributed by atoms with Crippen LogP contribution in [-0.4, -0.2) is 29.7 Å². The van der Waals surface area contributed by atoms with E-state index in [-0.39, 0.29) is 0 Å². The molecule has 22 heavy (non-hydrogen) atoms. The number of benzene rings is 1. The van der Waals surface area contributed by atoms with Gasteiger partial charge in [0.15, 0.2) is 0 Å². The highest BCUT2D eigenvalue weighted by Gasteiger charge is 2.21. The number of nitrogens with two attached hydrogens (primary N) is 1. The molecule has 0 saturated carbocycles. The van der Waals surface area contributed by atoms with Crippen LogP contribution in [-0.2, 0) is 11.3 Å². The molecule has 1 atom stereocenters. The third-order valence-corrected chi connectivity index (χ3v) is 3.97. The Hall–Kier alpha value is -2.14. The highest BCUT2D eigenvalue weighted by Crippen LogP contribution is 2.22. The monoisotopic (exact) mass is 298 g/mol. The van der Waals surface area contributed by atoms with E-state index in [0.29, 0.717) is 18.5 Å². The molecule has 1 aliphatic rings. The molecule has 2 N–H and O–H groups in total. The van der Waals surface area contributed by atoms with Crippen molar-refractivity contribution in [3.8, 4) is 0 Å². The standard InChI is InChI=1S/C17H22N4O/c18-17-19-9-8-16(20-17)21-10-4-7-15(11-21)13-22-12-14-5-2-1-3-6-14/h1-3,5-6,8-9,15H,4,7,10-13H2,(H2,18,19,20)/t15-/m1/s1. The first kappa shape index (κ1) is 14.8. The minimum absolute atomic E-state index is 0.333. The summed E-state index contributed by atoms with van der Waals surface area (Å²) in [6, 6.07) is 12.2. The van der Waals surface area contributed by atoms with E-state index in [1.165, 1.54) is 12.0 Å². The molecule has 0 spiro atoms. The topological polar surface area (TPSA) is 64.3 Å². The van der Waals surface area contributed by atoms with Crippen LogP contribution >= 0.6 is 0 Å². The summed E-state index contributed by atoms with van der Waals surface area (Å²) in [5.41, 5.74) is 6.89. The van der Waals surface area contributed by atoms with Crippen molar-refractivity contribution in [1.82, 2.24) is 9.97 Å². The lowest BCUT2D eigenvalue weighted by Gasteiger charge is -2.33. The molecule has 5 nitrogen and oxygen atoms in total. The Morgan fingerprint density at radius 3 is 2.91 bits per heavy atom. The SMILES string of the molecule is Nc1nccc(N2CCC[C@@H](COCc3ccccc3)C2)n1. The number of rotatable bonds is 5. The number of nitrogen functional groups attached to an aromatic ring is 1. The van der Waals surface area contributed by atoms with E-state index >= 15 is 0 Å². The molecule has 1 aromatic heterocycles. The van der Waals surface area contributed by atoms with Crippen molar-refractivity contribution in [2.45, 2.75) is 19.4 Å². The molecular formula is C17H22N4O. The number of nitrogens with zero attached hydrogens (tertiary/aromatic N) is 3. The summed E-state index contributed by atoms with van der Waals surface area (Å²) in [5.74, 6) is 1.79. The molecule has 2 aromatic rings. The van der Waals surface area contributed by atoms with E-state index in [1.807, 2.05) is 24.3 Å². The molecule has 1 aliphatic heterocycles. The summed E-state index contributed by atoms with van der Waals surface area (Å²) in [6.07, 6.45) is 4.07. The van der Waals surface area contributed by atoms with E-state index in [9.17, 15) is 0 Å². The fourth-order valence-electron chi connectivity index (χ4n) is 2.87. The Morgan fingerprint density at radius 2 is 2.09 bits per heavy atom. The van der Waals surface area contributed by atoms with E-state index in [1.54, 1.807) is 6.20 Å². The van der Waals surface area contributed by atoms with Crippen LogP contribution < -0.4 is 10.6 Å². The number of aromatic nitrogens is 2. The third kappa shape index (κ3) is 3.95. The van der Waals surface area contributed by atoms with Gasteiger partial charge in [0.2, 0.25) is 5.95 Å². The van der Waals surface area contributed by atoms with Gasteiger partial charge in [-0.15, -0.1) is 0 Å². The van der Waals surface area contributed by atoms with Gasteiger partial charge in [0.25, 0.3) is 0 Å². The van der Waals surface area contributed by atoms with Crippen molar-refractivity contribution < 1.29 is 4.74 Å². The zero-order valence-corrected chi connectivity index (χ0v) is 12.7. The Labute approximate surface area is 131 Å². The minimum atomic E-state index is 0.333. The zero-order valence-electron chi connectivity index (χ0n) is 12.7. The highest BCUT2D eigenvalue weighted by molar-refractivity contribution is 5.41. The van der Waals surface area contributed by atoms with Crippen molar-refractivity contribution in [2.75, 3.05) is 30.3 Å². The van der Waals surface area contributed by atoms with Gasteiger partial charge in [0.1, 0.15) is 5.82 Å². The third-order valence-electron chi connectivity index (χ3n) is 3.97. The van der Waals surface area contributed by atoms with Gasteiger partial charge in [0.05, 0.1) is 13.2 Å². The van der Waals surface area contributed by atoms with E-state index in [4.69, 9.17) is 10.5 Å². The van der Waals surface area contributed by atoms with E-state index in [0.717, 1.165) is 31.9 Å². The molecule has 0 bridgehead atoms. The summed E-state index contributed by atoms with van der Waals surface area (Å²) >= 11 is 0. The molecule has 0 radical (unpaired) electrons. The summed E-state index contributed by atoms with van der Waals surface area (Å²) in [5, 5.41) is 0. The van der Waals surface area contributed by atoms with Crippen LogP contribution in [0.25, 0.3) is 0 Å². The van der Waals surface area contributed by atoms with Crippen molar-refractivity contribution in [1.29, 1.82) is 0 Å². The Morgan fingerprint density at radius 1 is 1.23 bits per heavy atom. The molecular weight excluding hydrogens is 276 g/mol. The van der Waals surface area contributed by atoms with Gasteiger partial charge in [0, 0.05) is 19.3 Å². The number of piperidine rings is 1. The van der Waals surface area contributed by atoms with Crippen LogP contribution in [0, 0.1) is 5.92 Å². The lowest BCUT2D eigenvalue weighted by atomic mass is 9.99. The Kier molecular flexibility index (Phi) is 4.85. The minimum Gasteiger partial charge on any atom is -0.376 e. The summed E-state index contributed by atoms with van der Waals surface area (Å²) in [7, 11) is 0. The van der Waals surface area contributed by atoms with Gasteiger partial charge in [-0.2, -0.15) is 4.98 Å². The first-order chi connectivity index (χ1) is 10.8. The zero-order chi connectivity index (χ0) is 15.2. The van der Waals surface area contributed by atoms with Gasteiger partial charge >= 0.3 is 0 Å². The number of hydrogen-bond donors (Lipinski definition) is 1. The Bertz CT molecular complexity index is 590. The maximum Gasteiger partial charge on any atom is 0.221 e. The fraction of sp³-hybridized carbons (Fsp3) is 0.412. The smallest absolute Gasteiger partial charge is 0.221 e. The van der Waals surface area contributed by atoms with E-state index < -0.39 is 0 Å². The quantitative estimate of drug-likeness (QED) is 0.918. The van der Waals surface area contributed by atoms with Crippen molar-refractivity contribution in [3.63, 3.8) is 0 Å². The van der Waals surface area contributed by atoms with Crippen molar-refractivity contribution in [3.05, 3.63) is 48.2 Å². The maximum absolute atomic E-state index is 5.88. The number of hydrogen-bond acceptors (Lipinski definition) is 5. The van der Waals surface area contributed by atoms with Gasteiger partial charge in [-0.1, -0.05) is 30.3 Å². The van der Waals surface area contributed by atoms with Crippen LogP contribution in [0.1, 0.15) is 18.4 Å². The largest absolute Gasteiger partial charge is 0.376 e. The second-order valence-electron chi connectivity index (χ2n) is 5.73. The van der Waals surface area contributed by atoms with Gasteiger partial charge in [-0.05, 0) is 30.4 Å². The molecule has 1 saturated heterocycles. The average Bonchev–Trinajstić information content (AvgIpc) is 2.56. The first-order valence-corrected chi connectivity index (χ1v) is 7.76. The molecule has 1 fully saturated rings. The molecule has 116 valence electrons. The summed E-state index contributed by atoms with van der Waals surface area (Å²) < 4.78 is 5.88. The molecule has 0 amide bonds. The lowest BCUT2D eigenvalue weighted by molar-refractivity contribution is 0.0816. The second kappa shape index (κ2) is 7.22. The molecule has 0 aliphatic carbocycles. The number of anilines is 2. The normalized spacial score (nSPS) is 18.4. The first-order valence-electron chi connectivity index (χ1n) is 7.76. The van der Waals surface area contributed by atoms with Crippen LogP contribution in [0.4, 0.5) is 11.8 Å². The molecule has 1 aromatic carbocycles. The van der Waals surface area contributed by atoms with Crippen LogP contribution in [0.2, 0.25) is 0 Å². The molecule has 3 rings (SSSR count). The van der Waals surface area contributed by atoms with Crippen molar-refractivity contribution >= 4 is 11.8 Å². The van der Waals surface area contributed by atoms with E-state index in [2.05, 4.69) is 27.0 Å². The average molecular weight is 298 g/mol. The van der Waals surface area contributed by atoms with Gasteiger partial charge in [-0.3, -0.25) is 0 Å². The predicted molar refractivity (Wildman–Crippen MR) is 87.5 cm³/mol. The number of ether oxygens (including phenoxy) is 1. The summed E-state index contributed by atoms with van der Waals surface area (Å²) in [4.78, 5) is 10.5.